The van der Waals surface area contributed by atoms with Crippen molar-refractivity contribution < 1.29 is 4.79 Å². The molecule has 1 saturated heterocycles. The first-order chi connectivity index (χ1) is 15.0. The normalized spacial score (nSPS) is 16.9. The predicted octanol–water partition coefficient (Wildman–Crippen LogP) is 3.36. The molecule has 1 aromatic carbocycles. The average molecular weight is 443 g/mol. The van der Waals surface area contributed by atoms with E-state index < -0.39 is 0 Å². The van der Waals surface area contributed by atoms with Crippen molar-refractivity contribution in [3.63, 3.8) is 0 Å². The molecule has 9 heteroatoms. The van der Waals surface area contributed by atoms with Crippen LogP contribution in [0.15, 0.2) is 29.1 Å². The van der Waals surface area contributed by atoms with Gasteiger partial charge in [0.15, 0.2) is 11.2 Å². The third-order valence-corrected chi connectivity index (χ3v) is 6.49. The number of nitrogens with zero attached hydrogens (tertiary/aromatic N) is 5. The molecule has 3 aromatic rings. The number of fused-ring (bicyclic) bond motifs is 1. The van der Waals surface area contributed by atoms with Crippen molar-refractivity contribution in [3.05, 3.63) is 51.0 Å². The summed E-state index contributed by atoms with van der Waals surface area (Å²) >= 11 is 6.28. The number of rotatable bonds is 6. The first-order valence-electron chi connectivity index (χ1n) is 10.9. The molecule has 0 spiro atoms. The van der Waals surface area contributed by atoms with E-state index in [4.69, 9.17) is 16.6 Å². The highest BCUT2D eigenvalue weighted by molar-refractivity contribution is 6.31. The molecule has 4 rings (SSSR count). The number of aromatic amines is 1. The number of hydrogen-bond acceptors (Lipinski definition) is 5. The second kappa shape index (κ2) is 9.18. The van der Waals surface area contributed by atoms with E-state index in [2.05, 4.69) is 15.3 Å². The number of likely N-dealkylation sites (tertiary alicyclic amines) is 1. The Bertz CT molecular complexity index is 1140. The Hall–Kier alpha value is -2.74. The van der Waals surface area contributed by atoms with Gasteiger partial charge in [-0.25, -0.2) is 9.67 Å². The van der Waals surface area contributed by atoms with Crippen molar-refractivity contribution in [2.75, 3.05) is 13.1 Å². The largest absolute Gasteiger partial charge is 0.342 e. The quantitative estimate of drug-likeness (QED) is 0.631. The van der Waals surface area contributed by atoms with Gasteiger partial charge in [-0.1, -0.05) is 48.9 Å². The van der Waals surface area contributed by atoms with E-state index in [0.29, 0.717) is 29.6 Å². The Morgan fingerprint density at radius 3 is 2.81 bits per heavy atom. The van der Waals surface area contributed by atoms with Crippen LogP contribution in [0.4, 0.5) is 0 Å². The summed E-state index contributed by atoms with van der Waals surface area (Å²) in [5, 5.41) is 8.77. The zero-order valence-electron chi connectivity index (χ0n) is 17.8. The van der Waals surface area contributed by atoms with Gasteiger partial charge in [0.1, 0.15) is 5.82 Å². The zero-order chi connectivity index (χ0) is 22.0. The van der Waals surface area contributed by atoms with Crippen LogP contribution in [0.2, 0.25) is 5.02 Å². The minimum Gasteiger partial charge on any atom is -0.342 e. The highest BCUT2D eigenvalue weighted by atomic mass is 35.5. The van der Waals surface area contributed by atoms with Crippen LogP contribution >= 0.6 is 11.6 Å². The molecule has 0 saturated carbocycles. The van der Waals surface area contributed by atoms with E-state index in [1.165, 1.54) is 0 Å². The van der Waals surface area contributed by atoms with Gasteiger partial charge in [-0.15, -0.1) is 5.10 Å². The van der Waals surface area contributed by atoms with Crippen molar-refractivity contribution in [1.82, 2.24) is 29.9 Å². The average Bonchev–Trinajstić information content (AvgIpc) is 3.19. The van der Waals surface area contributed by atoms with Crippen molar-refractivity contribution in [2.24, 2.45) is 5.92 Å². The molecular weight excluding hydrogens is 416 g/mol. The highest BCUT2D eigenvalue weighted by Gasteiger charge is 2.29. The second-order valence-electron chi connectivity index (χ2n) is 8.10. The van der Waals surface area contributed by atoms with Crippen LogP contribution < -0.4 is 5.56 Å². The number of halogens is 1. The lowest BCUT2D eigenvalue weighted by atomic mass is 9.94. The molecule has 0 unspecified atom stereocenters. The zero-order valence-corrected chi connectivity index (χ0v) is 18.6. The first kappa shape index (κ1) is 21.5. The molecular formula is C22H27ClN6O2. The standard InChI is InChI=1S/C22H27ClN6O2/c1-3-14(4-2)22(31)28-11-7-9-16(12-28)19-24-20-18(21(30)25-19)26-27-29(20)13-15-8-5-6-10-17(15)23/h5-6,8,10,14,16H,3-4,7,9,11-13H2,1-2H3,(H,24,25,30)/t16-/m0/s1. The van der Waals surface area contributed by atoms with E-state index in [-0.39, 0.29) is 28.8 Å². The molecule has 1 N–H and O–H groups in total. The molecule has 1 fully saturated rings. The molecule has 8 nitrogen and oxygen atoms in total. The Labute approximate surface area is 185 Å². The van der Waals surface area contributed by atoms with Gasteiger partial charge in [0.25, 0.3) is 5.56 Å². The van der Waals surface area contributed by atoms with Crippen LogP contribution in [-0.4, -0.2) is 48.9 Å². The SMILES string of the molecule is CCC(CC)C(=O)N1CCC[C@H](c2nc3c(nnn3Cc3ccccc3Cl)c(=O)[nH]2)C1. The Balaban J connectivity index is 1.63. The predicted molar refractivity (Wildman–Crippen MR) is 119 cm³/mol. The molecule has 0 radical (unpaired) electrons. The molecule has 164 valence electrons. The minimum atomic E-state index is -0.311. The van der Waals surface area contributed by atoms with Gasteiger partial charge in [-0.05, 0) is 37.3 Å². The lowest BCUT2D eigenvalue weighted by Crippen LogP contribution is -2.42. The Morgan fingerprint density at radius 2 is 2.06 bits per heavy atom. The number of hydrogen-bond donors (Lipinski definition) is 1. The van der Waals surface area contributed by atoms with Crippen LogP contribution in [0.3, 0.4) is 0 Å². The second-order valence-corrected chi connectivity index (χ2v) is 8.51. The number of carbonyl (C=O) groups excluding carboxylic acids is 1. The smallest absolute Gasteiger partial charge is 0.281 e. The van der Waals surface area contributed by atoms with Gasteiger partial charge in [0.05, 0.1) is 6.54 Å². The summed E-state index contributed by atoms with van der Waals surface area (Å²) in [6, 6.07) is 7.49. The summed E-state index contributed by atoms with van der Waals surface area (Å²) in [5.41, 5.74) is 1.20. The van der Waals surface area contributed by atoms with Crippen LogP contribution in [0.5, 0.6) is 0 Å². The summed E-state index contributed by atoms with van der Waals surface area (Å²) in [6.45, 7) is 5.79. The molecule has 1 amide bonds. The summed E-state index contributed by atoms with van der Waals surface area (Å²) < 4.78 is 1.60. The van der Waals surface area contributed by atoms with Gasteiger partial charge in [0, 0.05) is 29.9 Å². The number of piperidine rings is 1. The maximum Gasteiger partial charge on any atom is 0.281 e. The maximum absolute atomic E-state index is 12.9. The molecule has 0 bridgehead atoms. The molecule has 1 aliphatic heterocycles. The van der Waals surface area contributed by atoms with Crippen molar-refractivity contribution in [2.45, 2.75) is 52.0 Å². The lowest BCUT2D eigenvalue weighted by Gasteiger charge is -2.34. The molecule has 1 aliphatic rings. The molecule has 1 atom stereocenters. The number of amides is 1. The highest BCUT2D eigenvalue weighted by Crippen LogP contribution is 2.27. The van der Waals surface area contributed by atoms with Gasteiger partial charge in [0.2, 0.25) is 5.91 Å². The van der Waals surface area contributed by atoms with E-state index in [1.54, 1.807) is 4.68 Å². The first-order valence-corrected chi connectivity index (χ1v) is 11.2. The number of nitrogens with one attached hydrogen (secondary N) is 1. The Morgan fingerprint density at radius 1 is 1.29 bits per heavy atom. The van der Waals surface area contributed by atoms with Crippen molar-refractivity contribution >= 4 is 28.7 Å². The van der Waals surface area contributed by atoms with Crippen molar-refractivity contribution in [3.8, 4) is 0 Å². The van der Waals surface area contributed by atoms with Gasteiger partial charge in [-0.2, -0.15) is 0 Å². The minimum absolute atomic E-state index is 0.0205. The van der Waals surface area contributed by atoms with E-state index >= 15 is 0 Å². The van der Waals surface area contributed by atoms with E-state index in [9.17, 15) is 9.59 Å². The lowest BCUT2D eigenvalue weighted by molar-refractivity contribution is -0.137. The van der Waals surface area contributed by atoms with E-state index in [0.717, 1.165) is 37.8 Å². The fourth-order valence-electron chi connectivity index (χ4n) is 4.27. The summed E-state index contributed by atoms with van der Waals surface area (Å²) in [5.74, 6) is 0.813. The van der Waals surface area contributed by atoms with Crippen LogP contribution in [0, 0.1) is 5.92 Å². The van der Waals surface area contributed by atoms with E-state index in [1.807, 2.05) is 43.0 Å². The fraction of sp³-hybridized carbons (Fsp3) is 0.500. The summed E-state index contributed by atoms with van der Waals surface area (Å²) in [4.78, 5) is 35.1. The monoisotopic (exact) mass is 442 g/mol. The number of benzene rings is 1. The van der Waals surface area contributed by atoms with Crippen LogP contribution in [0.25, 0.3) is 11.2 Å². The fourth-order valence-corrected chi connectivity index (χ4v) is 4.46. The third-order valence-electron chi connectivity index (χ3n) is 6.12. The molecule has 31 heavy (non-hydrogen) atoms. The summed E-state index contributed by atoms with van der Waals surface area (Å²) in [6.07, 6.45) is 3.43. The molecule has 0 aliphatic carbocycles. The topological polar surface area (TPSA) is 96.8 Å². The summed E-state index contributed by atoms with van der Waals surface area (Å²) in [7, 11) is 0. The number of H-pyrrole nitrogens is 1. The number of aromatic nitrogens is 5. The van der Waals surface area contributed by atoms with Crippen LogP contribution in [-0.2, 0) is 11.3 Å². The molecule has 2 aromatic heterocycles. The maximum atomic E-state index is 12.9. The number of carbonyl (C=O) groups is 1. The van der Waals surface area contributed by atoms with Gasteiger partial charge >= 0.3 is 0 Å². The third kappa shape index (κ3) is 4.35. The Kier molecular flexibility index (Phi) is 6.36. The van der Waals surface area contributed by atoms with Crippen LogP contribution in [0.1, 0.15) is 56.8 Å². The van der Waals surface area contributed by atoms with Gasteiger partial charge in [-0.3, -0.25) is 9.59 Å². The van der Waals surface area contributed by atoms with Gasteiger partial charge < -0.3 is 9.88 Å². The molecule has 3 heterocycles. The van der Waals surface area contributed by atoms with Crippen molar-refractivity contribution in [1.29, 1.82) is 0 Å².